The molecule has 2 aliphatic heterocycles. The molecular formula is C80H74N8S8. The summed E-state index contributed by atoms with van der Waals surface area (Å²) < 4.78 is 4.79. The molecule has 482 valence electrons. The normalized spacial score (nSPS) is 12.4. The van der Waals surface area contributed by atoms with E-state index < -0.39 is 0 Å². The average molecular weight is 1400 g/mol. The summed E-state index contributed by atoms with van der Waals surface area (Å²) in [4.78, 5) is 57.5. The summed E-state index contributed by atoms with van der Waals surface area (Å²) in [5.41, 5.74) is 6.60. The number of unbranched alkanes of at least 4 members (excludes halogenated alkanes) is 12. The Labute approximate surface area is 591 Å². The molecule has 0 atom stereocenters. The molecule has 17 rings (SSSR count). The summed E-state index contributed by atoms with van der Waals surface area (Å²) in [7, 11) is 0. The zero-order chi connectivity index (χ0) is 64.4. The minimum atomic E-state index is 0.610. The number of hydrogen-bond donors (Lipinski definition) is 2. The molecule has 4 aromatic carbocycles. The first-order valence-electron chi connectivity index (χ1n) is 34.8. The number of rotatable bonds is 24. The van der Waals surface area contributed by atoms with E-state index in [1.165, 1.54) is 202 Å². The van der Waals surface area contributed by atoms with Crippen molar-refractivity contribution in [2.45, 2.75) is 156 Å². The number of aromatic amines is 2. The Morgan fingerprint density at radius 3 is 0.823 bits per heavy atom. The Hall–Kier alpha value is -7.12. The molecule has 0 saturated carbocycles. The number of hydrogen-bond acceptors (Lipinski definition) is 14. The maximum absolute atomic E-state index is 5.66. The van der Waals surface area contributed by atoms with Gasteiger partial charge in [0.25, 0.3) is 0 Å². The lowest BCUT2D eigenvalue weighted by Crippen LogP contribution is -1.83. The van der Waals surface area contributed by atoms with Gasteiger partial charge in [-0.2, -0.15) is 0 Å². The first-order chi connectivity index (χ1) is 47.3. The van der Waals surface area contributed by atoms with Crippen molar-refractivity contribution in [3.63, 3.8) is 0 Å². The van der Waals surface area contributed by atoms with Crippen molar-refractivity contribution >= 4 is 175 Å². The molecule has 0 spiro atoms. The van der Waals surface area contributed by atoms with Crippen LogP contribution in [-0.4, -0.2) is 39.9 Å². The van der Waals surface area contributed by atoms with Crippen LogP contribution in [0.1, 0.15) is 150 Å². The molecule has 0 amide bonds. The van der Waals surface area contributed by atoms with Crippen LogP contribution in [0.15, 0.2) is 121 Å². The van der Waals surface area contributed by atoms with Gasteiger partial charge >= 0.3 is 0 Å². The van der Waals surface area contributed by atoms with Crippen LogP contribution in [0.2, 0.25) is 0 Å². The molecule has 2 N–H and O–H groups in total. The van der Waals surface area contributed by atoms with Gasteiger partial charge in [0.2, 0.25) is 0 Å². The van der Waals surface area contributed by atoms with Gasteiger partial charge in [-0.3, -0.25) is 0 Å². The lowest BCUT2D eigenvalue weighted by molar-refractivity contribution is 0.670. The van der Waals surface area contributed by atoms with Gasteiger partial charge in [-0.25, -0.2) is 29.9 Å². The molecular weight excluding hydrogens is 1330 g/mol. The molecule has 0 radical (unpaired) electrons. The Balaban J connectivity index is 0.873. The molecule has 15 aromatic rings. The zero-order valence-corrected chi connectivity index (χ0v) is 61.2. The van der Waals surface area contributed by atoms with E-state index >= 15 is 0 Å². The number of aromatic nitrogens is 8. The molecule has 0 unspecified atom stereocenters. The summed E-state index contributed by atoms with van der Waals surface area (Å²) in [6.07, 6.45) is 24.8. The quantitative estimate of drug-likeness (QED) is 0.0584. The maximum Gasteiger partial charge on any atom is 0.164 e. The van der Waals surface area contributed by atoms with Crippen molar-refractivity contribution in [1.29, 1.82) is 0 Å². The number of benzene rings is 4. The number of thiophene rings is 8. The van der Waals surface area contributed by atoms with E-state index in [2.05, 4.69) is 159 Å². The highest BCUT2D eigenvalue weighted by molar-refractivity contribution is 7.28. The van der Waals surface area contributed by atoms with E-state index in [0.717, 1.165) is 69.5 Å². The lowest BCUT2D eigenvalue weighted by atomic mass is 10.1. The lowest BCUT2D eigenvalue weighted by Gasteiger charge is -1.99. The topological polar surface area (TPSA) is 109 Å². The van der Waals surface area contributed by atoms with E-state index in [1.54, 1.807) is 0 Å². The van der Waals surface area contributed by atoms with Crippen LogP contribution in [0.25, 0.3) is 169 Å². The van der Waals surface area contributed by atoms with Crippen LogP contribution in [-0.2, 0) is 25.7 Å². The van der Waals surface area contributed by atoms with E-state index in [1.807, 2.05) is 90.7 Å². The van der Waals surface area contributed by atoms with Gasteiger partial charge in [0.05, 0.1) is 0 Å². The van der Waals surface area contributed by atoms with E-state index in [4.69, 9.17) is 29.9 Å². The van der Waals surface area contributed by atoms with E-state index in [9.17, 15) is 0 Å². The number of aryl methyl sites for hydroxylation is 4. The Bertz CT molecular complexity index is 5040. The fraction of sp³-hybridized carbons (Fsp3) is 0.300. The van der Waals surface area contributed by atoms with Crippen LogP contribution in [0.4, 0.5) is 0 Å². The number of fused-ring (bicyclic) bond motifs is 24. The van der Waals surface area contributed by atoms with E-state index in [0.29, 0.717) is 45.9 Å². The Kier molecular flexibility index (Phi) is 17.5. The minimum Gasteiger partial charge on any atom is -0.324 e. The third-order valence-electron chi connectivity index (χ3n) is 19.1. The summed E-state index contributed by atoms with van der Waals surface area (Å²) in [5, 5.41) is 8.62. The zero-order valence-electron chi connectivity index (χ0n) is 54.6. The second-order valence-corrected chi connectivity index (χ2v) is 35.1. The van der Waals surface area contributed by atoms with Crippen LogP contribution >= 0.6 is 90.7 Å². The van der Waals surface area contributed by atoms with Gasteiger partial charge in [0.1, 0.15) is 22.6 Å². The van der Waals surface area contributed by atoms with Gasteiger partial charge in [0, 0.05) is 121 Å². The van der Waals surface area contributed by atoms with Crippen molar-refractivity contribution in [1.82, 2.24) is 39.9 Å². The SMILES string of the molecule is CCCCCCc1ccc(-c2cc3cc4c(cc3s2)-c2nc-4nc3[nH]c(nc4nc(nc5[nH]c(n2)c2cc6cc(-c7ccc(CCCCCC)s7)sc6cc52)-c2cc5cc(-c6ccc(CCCCCC)s6)sc5cc2-4)c2cc4cc(-c5ccc(CCCCCC)s5)sc4cc32)s1. The van der Waals surface area contributed by atoms with Crippen LogP contribution in [0, 0.1) is 0 Å². The third-order valence-corrected chi connectivity index (χ3v) is 28.9. The predicted molar refractivity (Wildman–Crippen MR) is 422 cm³/mol. The fourth-order valence-corrected chi connectivity index (χ4v) is 22.8. The van der Waals surface area contributed by atoms with Crippen LogP contribution in [0.3, 0.4) is 0 Å². The summed E-state index contributed by atoms with van der Waals surface area (Å²) >= 11 is 15.2. The first kappa shape index (κ1) is 62.4. The number of H-pyrrole nitrogens is 2. The summed E-state index contributed by atoms with van der Waals surface area (Å²) in [6.45, 7) is 9.14. The van der Waals surface area contributed by atoms with Crippen molar-refractivity contribution < 1.29 is 0 Å². The standard InChI is InChI=1S/C80H74N8S8/c1-5-9-13-17-21-49-25-29-61(89-49)69-37-45-33-53-57(41-65(45)93-69)77-81-73(53)85-78-58-42-66-47(39-71(94-66)63-31-27-51(91-63)23-19-15-11-7-3)35-55(58)75(83-78)87-80-60-44-68-48(40-72(96-68)64-32-28-52(92-64)24-20-16-12-8-4)36-56(60)76(84-80)88-79-59-43-67-46(34-54(59)74(82-79)86-77)38-70(95-67)62-30-26-50(90-62)22-18-14-10-6-2/h25-44H,5-24H2,1-4H3,(H2,81,82,83,84,85,86,87,88). The van der Waals surface area contributed by atoms with Crippen molar-refractivity contribution in [3.8, 4) is 84.6 Å². The van der Waals surface area contributed by atoms with Crippen LogP contribution < -0.4 is 0 Å². The van der Waals surface area contributed by atoms with Crippen molar-refractivity contribution in [2.24, 2.45) is 0 Å². The fourth-order valence-electron chi connectivity index (χ4n) is 13.9. The van der Waals surface area contributed by atoms with Gasteiger partial charge < -0.3 is 9.97 Å². The molecule has 8 nitrogen and oxygen atoms in total. The van der Waals surface area contributed by atoms with Crippen LogP contribution in [0.5, 0.6) is 0 Å². The predicted octanol–water partition coefficient (Wildman–Crippen LogP) is 27.1. The Morgan fingerprint density at radius 2 is 0.521 bits per heavy atom. The molecule has 0 saturated heterocycles. The second-order valence-electron chi connectivity index (χ2n) is 26.1. The van der Waals surface area contributed by atoms with Gasteiger partial charge in [-0.05, 0) is 194 Å². The molecule has 11 aromatic heterocycles. The molecule has 8 bridgehead atoms. The number of nitrogens with one attached hydrogen (secondary N) is 2. The largest absolute Gasteiger partial charge is 0.324 e. The third kappa shape index (κ3) is 12.2. The highest BCUT2D eigenvalue weighted by Gasteiger charge is 2.27. The highest BCUT2D eigenvalue weighted by Crippen LogP contribution is 2.48. The second kappa shape index (κ2) is 27.0. The van der Waals surface area contributed by atoms with E-state index in [-0.39, 0.29) is 0 Å². The highest BCUT2D eigenvalue weighted by atomic mass is 32.1. The first-order valence-corrected chi connectivity index (χ1v) is 41.3. The molecule has 96 heavy (non-hydrogen) atoms. The molecule has 2 aliphatic rings. The van der Waals surface area contributed by atoms with Gasteiger partial charge in [0.15, 0.2) is 23.3 Å². The molecule has 0 fully saturated rings. The monoisotopic (exact) mass is 1400 g/mol. The maximum atomic E-state index is 5.66. The molecule has 16 heteroatoms. The molecule has 13 heterocycles. The van der Waals surface area contributed by atoms with Gasteiger partial charge in [-0.1, -0.05) is 105 Å². The summed E-state index contributed by atoms with van der Waals surface area (Å²) in [5.74, 6) is 2.44. The number of nitrogens with zero attached hydrogens (tertiary/aromatic N) is 6. The average Bonchev–Trinajstić information content (AvgIpc) is 1.59. The summed E-state index contributed by atoms with van der Waals surface area (Å²) in [6, 6.07) is 46.6. The Morgan fingerprint density at radius 1 is 0.250 bits per heavy atom. The minimum absolute atomic E-state index is 0.610. The smallest absolute Gasteiger partial charge is 0.164 e. The van der Waals surface area contributed by atoms with Crippen molar-refractivity contribution in [3.05, 3.63) is 141 Å². The van der Waals surface area contributed by atoms with Crippen molar-refractivity contribution in [2.75, 3.05) is 0 Å². The van der Waals surface area contributed by atoms with Gasteiger partial charge in [-0.15, -0.1) is 90.7 Å². The molecule has 0 aliphatic carbocycles.